The summed E-state index contributed by atoms with van der Waals surface area (Å²) >= 11 is 0. The first-order valence-corrected chi connectivity index (χ1v) is 11.2. The van der Waals surface area contributed by atoms with Gasteiger partial charge in [0.15, 0.2) is 0 Å². The molecular weight excluding hydrogens is 422 g/mol. The van der Waals surface area contributed by atoms with Gasteiger partial charge in [-0.05, 0) is 30.7 Å². The number of aromatic nitrogens is 4. The van der Waals surface area contributed by atoms with E-state index in [1.54, 1.807) is 17.9 Å². The van der Waals surface area contributed by atoms with Crippen LogP contribution in [0.3, 0.4) is 0 Å². The number of hydrogen-bond acceptors (Lipinski definition) is 7. The van der Waals surface area contributed by atoms with Crippen molar-refractivity contribution in [3.8, 4) is 22.9 Å². The molecule has 2 aliphatic heterocycles. The zero-order valence-corrected chi connectivity index (χ0v) is 18.5. The lowest BCUT2D eigenvalue weighted by atomic mass is 10.1. The molecule has 1 saturated heterocycles. The minimum atomic E-state index is -0.126. The van der Waals surface area contributed by atoms with Crippen LogP contribution in [-0.4, -0.2) is 62.1 Å². The van der Waals surface area contributed by atoms with Crippen molar-refractivity contribution in [3.05, 3.63) is 46.2 Å². The lowest BCUT2D eigenvalue weighted by Gasteiger charge is -2.21. The van der Waals surface area contributed by atoms with E-state index >= 15 is 0 Å². The van der Waals surface area contributed by atoms with E-state index in [0.29, 0.717) is 57.4 Å². The summed E-state index contributed by atoms with van der Waals surface area (Å²) in [6.07, 6.45) is 0.844. The minimum absolute atomic E-state index is 0.0220. The fourth-order valence-corrected chi connectivity index (χ4v) is 5.05. The van der Waals surface area contributed by atoms with Gasteiger partial charge in [0.1, 0.15) is 23.1 Å². The van der Waals surface area contributed by atoms with Gasteiger partial charge in [-0.15, -0.1) is 0 Å². The molecule has 2 aliphatic rings. The van der Waals surface area contributed by atoms with Crippen LogP contribution in [0.2, 0.25) is 0 Å². The molecule has 2 unspecified atom stereocenters. The predicted octanol–water partition coefficient (Wildman–Crippen LogP) is 2.30. The number of aromatic amines is 1. The van der Waals surface area contributed by atoms with Gasteiger partial charge in [-0.1, -0.05) is 12.1 Å². The second-order valence-electron chi connectivity index (χ2n) is 8.82. The minimum Gasteiger partial charge on any atom is -0.487 e. The van der Waals surface area contributed by atoms with Gasteiger partial charge >= 0.3 is 0 Å². The van der Waals surface area contributed by atoms with E-state index in [-0.39, 0.29) is 18.3 Å². The summed E-state index contributed by atoms with van der Waals surface area (Å²) in [5, 5.41) is 13.7. The fraction of sp³-hybridized carbons (Fsp3) is 0.375. The number of aliphatic hydroxyl groups excluding tert-OH is 1. The van der Waals surface area contributed by atoms with Crippen LogP contribution in [0.25, 0.3) is 33.2 Å². The third-order valence-electron chi connectivity index (χ3n) is 6.75. The van der Waals surface area contributed by atoms with Crippen molar-refractivity contribution in [2.45, 2.75) is 38.6 Å². The van der Waals surface area contributed by atoms with E-state index in [4.69, 9.17) is 19.4 Å². The highest BCUT2D eigenvalue weighted by Crippen LogP contribution is 2.36. The Labute approximate surface area is 189 Å². The molecule has 0 amide bonds. The molecule has 0 radical (unpaired) electrons. The maximum Gasteiger partial charge on any atom is 0.274 e. The fourth-order valence-electron chi connectivity index (χ4n) is 5.05. The number of benzene rings is 2. The van der Waals surface area contributed by atoms with Crippen LogP contribution >= 0.6 is 0 Å². The summed E-state index contributed by atoms with van der Waals surface area (Å²) in [6.45, 7) is 4.10. The Balaban J connectivity index is 1.67. The smallest absolute Gasteiger partial charge is 0.274 e. The standard InChI is InChI=1S/C24H25N5O4/c1-13-8-15-11-28(13)6-7-29-24(31)17-5-3-4-16(20(17)27-29)21-23(32-2)25-18-9-14(12-30)10-19(33-15)22(18)26-21/h3-5,9-10,13,15,27,30H,6-8,11-12H2,1-2H3/t13-,15?/m1/s1. The summed E-state index contributed by atoms with van der Waals surface area (Å²) in [7, 11) is 1.55. The van der Waals surface area contributed by atoms with Gasteiger partial charge in [0.25, 0.3) is 5.56 Å². The molecule has 2 aromatic heterocycles. The topological polar surface area (TPSA) is 106 Å². The highest BCUT2D eigenvalue weighted by atomic mass is 16.5. The van der Waals surface area contributed by atoms with Gasteiger partial charge in [-0.3, -0.25) is 19.5 Å². The molecule has 0 saturated carbocycles. The second kappa shape index (κ2) is 7.57. The molecule has 6 bridgehead atoms. The van der Waals surface area contributed by atoms with Crippen molar-refractivity contribution in [2.75, 3.05) is 20.2 Å². The molecule has 3 atom stereocenters. The maximum absolute atomic E-state index is 13.1. The first-order chi connectivity index (χ1) is 16.1. The molecule has 4 aromatic rings. The SMILES string of the molecule is COc1nc2cc(CO)cc3c2nc1-c1cccc2c(=O)n([nH]c12)CCN1CC(C[C@H]1C)O3. The lowest BCUT2D eigenvalue weighted by molar-refractivity contribution is 0.195. The number of fused-ring (bicyclic) bond motifs is 5. The summed E-state index contributed by atoms with van der Waals surface area (Å²) in [5.41, 5.74) is 3.81. The van der Waals surface area contributed by atoms with Crippen LogP contribution < -0.4 is 15.0 Å². The van der Waals surface area contributed by atoms with E-state index in [0.717, 1.165) is 25.1 Å². The number of hydrogen-bond donors (Lipinski definition) is 2. The summed E-state index contributed by atoms with van der Waals surface area (Å²) in [6, 6.07) is 9.54. The largest absolute Gasteiger partial charge is 0.487 e. The number of methoxy groups -OCH3 is 1. The normalized spacial score (nSPS) is 22.1. The van der Waals surface area contributed by atoms with Crippen molar-refractivity contribution < 1.29 is 14.6 Å². The molecule has 2 N–H and O–H groups in total. The second-order valence-corrected chi connectivity index (χ2v) is 8.82. The van der Waals surface area contributed by atoms with Crippen molar-refractivity contribution in [1.29, 1.82) is 0 Å². The third kappa shape index (κ3) is 3.19. The van der Waals surface area contributed by atoms with Crippen molar-refractivity contribution in [2.24, 2.45) is 0 Å². The lowest BCUT2D eigenvalue weighted by Crippen LogP contribution is -2.33. The highest BCUT2D eigenvalue weighted by Gasteiger charge is 2.31. The molecule has 1 fully saturated rings. The van der Waals surface area contributed by atoms with E-state index in [1.807, 2.05) is 24.3 Å². The number of nitrogens with one attached hydrogen (secondary N) is 1. The van der Waals surface area contributed by atoms with Gasteiger partial charge in [-0.25, -0.2) is 9.97 Å². The quantitative estimate of drug-likeness (QED) is 0.486. The van der Waals surface area contributed by atoms with Gasteiger partial charge in [0.2, 0.25) is 5.88 Å². The van der Waals surface area contributed by atoms with Gasteiger partial charge in [0.05, 0.1) is 36.7 Å². The highest BCUT2D eigenvalue weighted by molar-refractivity contribution is 5.95. The summed E-state index contributed by atoms with van der Waals surface area (Å²) < 4.78 is 13.7. The first-order valence-electron chi connectivity index (χ1n) is 11.2. The van der Waals surface area contributed by atoms with Gasteiger partial charge in [-0.2, -0.15) is 0 Å². The zero-order valence-electron chi connectivity index (χ0n) is 18.5. The van der Waals surface area contributed by atoms with Crippen LogP contribution in [0.1, 0.15) is 18.9 Å². The van der Waals surface area contributed by atoms with Crippen LogP contribution in [0, 0.1) is 0 Å². The Kier molecular flexibility index (Phi) is 4.63. The number of ether oxygens (including phenoxy) is 2. The molecule has 0 spiro atoms. The van der Waals surface area contributed by atoms with E-state index in [1.165, 1.54) is 0 Å². The van der Waals surface area contributed by atoms with Crippen molar-refractivity contribution >= 4 is 21.9 Å². The Morgan fingerprint density at radius 2 is 2.15 bits per heavy atom. The Morgan fingerprint density at radius 3 is 2.97 bits per heavy atom. The monoisotopic (exact) mass is 447 g/mol. The number of rotatable bonds is 2. The number of H-pyrrole nitrogens is 1. The Hall–Kier alpha value is -3.43. The Bertz CT molecular complexity index is 1440. The molecular formula is C24H25N5O4. The number of aliphatic hydroxyl groups is 1. The first kappa shape index (κ1) is 20.2. The third-order valence-corrected chi connectivity index (χ3v) is 6.75. The van der Waals surface area contributed by atoms with Crippen LogP contribution in [0.5, 0.6) is 11.6 Å². The van der Waals surface area contributed by atoms with Crippen molar-refractivity contribution in [1.82, 2.24) is 24.6 Å². The van der Waals surface area contributed by atoms with Crippen LogP contribution in [-0.2, 0) is 13.2 Å². The zero-order chi connectivity index (χ0) is 22.7. The number of nitrogens with zero attached hydrogens (tertiary/aromatic N) is 4. The molecule has 9 nitrogen and oxygen atoms in total. The van der Waals surface area contributed by atoms with E-state index in [9.17, 15) is 9.90 Å². The number of para-hydroxylation sites is 1. The molecule has 170 valence electrons. The molecule has 0 aliphatic carbocycles. The van der Waals surface area contributed by atoms with E-state index < -0.39 is 0 Å². The van der Waals surface area contributed by atoms with Crippen molar-refractivity contribution in [3.63, 3.8) is 0 Å². The molecule has 33 heavy (non-hydrogen) atoms. The van der Waals surface area contributed by atoms with Crippen LogP contribution in [0.4, 0.5) is 0 Å². The Morgan fingerprint density at radius 1 is 1.27 bits per heavy atom. The van der Waals surface area contributed by atoms with Gasteiger partial charge in [0, 0.05) is 31.1 Å². The summed E-state index contributed by atoms with van der Waals surface area (Å²) in [4.78, 5) is 25.1. The van der Waals surface area contributed by atoms with Crippen LogP contribution in [0.15, 0.2) is 35.1 Å². The average Bonchev–Trinajstić information content (AvgIpc) is 3.34. The molecule has 2 aromatic carbocycles. The molecule has 4 heterocycles. The molecule has 9 heteroatoms. The maximum atomic E-state index is 13.1. The predicted molar refractivity (Wildman–Crippen MR) is 124 cm³/mol. The van der Waals surface area contributed by atoms with E-state index in [2.05, 4.69) is 16.9 Å². The molecule has 6 rings (SSSR count). The average molecular weight is 447 g/mol. The summed E-state index contributed by atoms with van der Waals surface area (Å²) in [5.74, 6) is 0.944. The van der Waals surface area contributed by atoms with Gasteiger partial charge < -0.3 is 14.6 Å².